The molecule has 0 aliphatic carbocycles. The molecule has 0 aliphatic rings. The van der Waals surface area contributed by atoms with E-state index < -0.39 is 23.3 Å². The summed E-state index contributed by atoms with van der Waals surface area (Å²) in [5, 5.41) is 18.8. The third kappa shape index (κ3) is 2.15. The zero-order valence-electron chi connectivity index (χ0n) is 10.0. The summed E-state index contributed by atoms with van der Waals surface area (Å²) in [5.74, 6) is -3.20. The lowest BCUT2D eigenvalue weighted by Crippen LogP contribution is -2.11. The van der Waals surface area contributed by atoms with Gasteiger partial charge >= 0.3 is 11.9 Å². The second-order valence-corrected chi connectivity index (χ2v) is 3.18. The van der Waals surface area contributed by atoms with Crippen LogP contribution in [0.2, 0.25) is 0 Å². The van der Waals surface area contributed by atoms with Crippen LogP contribution >= 0.6 is 0 Å². The van der Waals surface area contributed by atoms with Crippen molar-refractivity contribution in [2.24, 2.45) is 0 Å². The molecule has 0 spiro atoms. The Morgan fingerprint density at radius 3 is 2.17 bits per heavy atom. The largest absolute Gasteiger partial charge is 0.504 e. The van der Waals surface area contributed by atoms with Crippen LogP contribution in [-0.2, 0) is 4.74 Å². The number of benzene rings is 1. The van der Waals surface area contributed by atoms with Crippen LogP contribution in [-0.4, -0.2) is 43.5 Å². The van der Waals surface area contributed by atoms with Crippen LogP contribution in [0.4, 0.5) is 0 Å². The van der Waals surface area contributed by atoms with E-state index in [-0.39, 0.29) is 17.1 Å². The second kappa shape index (κ2) is 5.26. The van der Waals surface area contributed by atoms with Gasteiger partial charge in [-0.3, -0.25) is 0 Å². The maximum absolute atomic E-state index is 11.5. The summed E-state index contributed by atoms with van der Waals surface area (Å²) in [7, 11) is 3.63. The Balaban J connectivity index is 3.65. The van der Waals surface area contributed by atoms with Crippen LogP contribution in [0.15, 0.2) is 6.07 Å². The molecule has 18 heavy (non-hydrogen) atoms. The summed E-state index contributed by atoms with van der Waals surface area (Å²) >= 11 is 0. The topological polar surface area (TPSA) is 102 Å². The molecular weight excluding hydrogens is 244 g/mol. The summed E-state index contributed by atoms with van der Waals surface area (Å²) in [6.45, 7) is 0. The molecule has 7 nitrogen and oxygen atoms in total. The highest BCUT2D eigenvalue weighted by Gasteiger charge is 2.27. The van der Waals surface area contributed by atoms with Crippen LogP contribution < -0.4 is 9.47 Å². The maximum atomic E-state index is 11.5. The number of carbonyl (C=O) groups is 2. The number of phenols is 1. The van der Waals surface area contributed by atoms with Gasteiger partial charge in [0.25, 0.3) is 0 Å². The van der Waals surface area contributed by atoms with Crippen molar-refractivity contribution >= 4 is 11.9 Å². The standard InChI is InChI=1S/C11H12O7/c1-16-6-4-5(11(15)18-3)7(10(13)14)8(12)9(6)17-2/h4,12H,1-3H3,(H,13,14). The number of hydrogen-bond donors (Lipinski definition) is 2. The molecule has 2 N–H and O–H groups in total. The fourth-order valence-corrected chi connectivity index (χ4v) is 1.46. The summed E-state index contributed by atoms with van der Waals surface area (Å²) in [4.78, 5) is 22.5. The van der Waals surface area contributed by atoms with Gasteiger partial charge < -0.3 is 24.4 Å². The van der Waals surface area contributed by atoms with Crippen molar-refractivity contribution in [1.82, 2.24) is 0 Å². The predicted octanol–water partition coefficient (Wildman–Crippen LogP) is 0.894. The first-order chi connectivity index (χ1) is 8.47. The van der Waals surface area contributed by atoms with E-state index in [1.807, 2.05) is 0 Å². The number of carbonyl (C=O) groups excluding carboxylic acids is 1. The predicted molar refractivity (Wildman–Crippen MR) is 59.5 cm³/mol. The highest BCUT2D eigenvalue weighted by molar-refractivity contribution is 6.05. The second-order valence-electron chi connectivity index (χ2n) is 3.18. The van der Waals surface area contributed by atoms with Gasteiger partial charge in [-0.1, -0.05) is 0 Å². The normalized spacial score (nSPS) is 9.72. The first-order valence-corrected chi connectivity index (χ1v) is 4.77. The molecule has 0 heterocycles. The van der Waals surface area contributed by atoms with E-state index in [1.165, 1.54) is 14.2 Å². The fraction of sp³-hybridized carbons (Fsp3) is 0.273. The summed E-state index contributed by atoms with van der Waals surface area (Å²) in [5.41, 5.74) is -0.917. The molecule has 7 heteroatoms. The van der Waals surface area contributed by atoms with E-state index in [1.54, 1.807) is 0 Å². The lowest BCUT2D eigenvalue weighted by molar-refractivity contribution is 0.0580. The Morgan fingerprint density at radius 1 is 1.17 bits per heavy atom. The molecule has 1 aromatic rings. The van der Waals surface area contributed by atoms with Crippen molar-refractivity contribution in [3.8, 4) is 17.2 Å². The number of aromatic carboxylic acids is 1. The molecule has 0 aromatic heterocycles. The van der Waals surface area contributed by atoms with Gasteiger partial charge in [-0.25, -0.2) is 9.59 Å². The Hall–Kier alpha value is -2.44. The Bertz CT molecular complexity index is 493. The number of carboxylic acid groups (broad SMARTS) is 1. The molecule has 0 unspecified atom stereocenters. The number of rotatable bonds is 4. The average Bonchev–Trinajstić information content (AvgIpc) is 2.35. The first-order valence-electron chi connectivity index (χ1n) is 4.77. The van der Waals surface area contributed by atoms with Crippen molar-refractivity contribution in [2.75, 3.05) is 21.3 Å². The lowest BCUT2D eigenvalue weighted by atomic mass is 10.0. The molecule has 0 radical (unpaired) electrons. The molecule has 1 aromatic carbocycles. The van der Waals surface area contributed by atoms with E-state index in [0.29, 0.717) is 0 Å². The SMILES string of the molecule is COC(=O)c1cc(OC)c(OC)c(O)c1C(=O)O. The number of esters is 1. The molecule has 0 aliphatic heterocycles. The van der Waals surface area contributed by atoms with Gasteiger partial charge in [0.15, 0.2) is 11.5 Å². The zero-order chi connectivity index (χ0) is 13.9. The Morgan fingerprint density at radius 2 is 1.78 bits per heavy atom. The molecule has 0 atom stereocenters. The Kier molecular flexibility index (Phi) is 3.98. The highest BCUT2D eigenvalue weighted by atomic mass is 16.5. The van der Waals surface area contributed by atoms with E-state index in [9.17, 15) is 14.7 Å². The molecule has 1 rings (SSSR count). The fourth-order valence-electron chi connectivity index (χ4n) is 1.46. The van der Waals surface area contributed by atoms with Gasteiger partial charge in [0.2, 0.25) is 5.75 Å². The summed E-state index contributed by atoms with van der Waals surface area (Å²) in [6.07, 6.45) is 0. The van der Waals surface area contributed by atoms with E-state index >= 15 is 0 Å². The van der Waals surface area contributed by atoms with Gasteiger partial charge in [-0.05, 0) is 6.07 Å². The minimum absolute atomic E-state index is 0.0281. The minimum atomic E-state index is -1.48. The Labute approximate surface area is 103 Å². The van der Waals surface area contributed by atoms with Crippen molar-refractivity contribution in [3.05, 3.63) is 17.2 Å². The van der Waals surface area contributed by atoms with Crippen molar-refractivity contribution in [3.63, 3.8) is 0 Å². The third-order valence-electron chi connectivity index (χ3n) is 2.26. The molecular formula is C11H12O7. The molecule has 0 bridgehead atoms. The molecule has 0 saturated heterocycles. The van der Waals surface area contributed by atoms with E-state index in [2.05, 4.69) is 4.74 Å². The average molecular weight is 256 g/mol. The van der Waals surface area contributed by atoms with Crippen LogP contribution in [0.1, 0.15) is 20.7 Å². The van der Waals surface area contributed by atoms with Crippen LogP contribution in [0.5, 0.6) is 17.2 Å². The maximum Gasteiger partial charge on any atom is 0.340 e. The monoisotopic (exact) mass is 256 g/mol. The highest BCUT2D eigenvalue weighted by Crippen LogP contribution is 2.41. The van der Waals surface area contributed by atoms with Crippen LogP contribution in [0.3, 0.4) is 0 Å². The molecule has 98 valence electrons. The number of hydrogen-bond acceptors (Lipinski definition) is 6. The first kappa shape index (κ1) is 13.6. The van der Waals surface area contributed by atoms with Crippen molar-refractivity contribution < 1.29 is 34.0 Å². The molecule has 0 saturated carbocycles. The van der Waals surface area contributed by atoms with Gasteiger partial charge in [0.1, 0.15) is 5.56 Å². The van der Waals surface area contributed by atoms with E-state index in [0.717, 1.165) is 13.2 Å². The smallest absolute Gasteiger partial charge is 0.340 e. The lowest BCUT2D eigenvalue weighted by Gasteiger charge is -2.13. The number of methoxy groups -OCH3 is 3. The van der Waals surface area contributed by atoms with Crippen LogP contribution in [0.25, 0.3) is 0 Å². The summed E-state index contributed by atoms with van der Waals surface area (Å²) < 4.78 is 14.2. The number of aromatic hydroxyl groups is 1. The zero-order valence-corrected chi connectivity index (χ0v) is 10.0. The number of ether oxygens (including phenoxy) is 3. The van der Waals surface area contributed by atoms with Crippen LogP contribution in [0, 0.1) is 0 Å². The van der Waals surface area contributed by atoms with Crippen molar-refractivity contribution in [1.29, 1.82) is 0 Å². The van der Waals surface area contributed by atoms with Gasteiger partial charge in [0.05, 0.1) is 26.9 Å². The van der Waals surface area contributed by atoms with Gasteiger partial charge in [-0.2, -0.15) is 0 Å². The van der Waals surface area contributed by atoms with Crippen molar-refractivity contribution in [2.45, 2.75) is 0 Å². The third-order valence-corrected chi connectivity index (χ3v) is 2.26. The van der Waals surface area contributed by atoms with Gasteiger partial charge in [-0.15, -0.1) is 0 Å². The van der Waals surface area contributed by atoms with E-state index in [4.69, 9.17) is 14.6 Å². The minimum Gasteiger partial charge on any atom is -0.504 e. The number of carboxylic acids is 1. The molecule has 0 fully saturated rings. The van der Waals surface area contributed by atoms with Gasteiger partial charge in [0, 0.05) is 0 Å². The summed E-state index contributed by atoms with van der Waals surface area (Å²) in [6, 6.07) is 1.13. The molecule has 0 amide bonds. The quantitative estimate of drug-likeness (QED) is 0.771.